The van der Waals surface area contributed by atoms with E-state index in [1.807, 2.05) is 0 Å². The van der Waals surface area contributed by atoms with Gasteiger partial charge < -0.3 is 15.4 Å². The second-order valence-electron chi connectivity index (χ2n) is 8.42. The third-order valence-corrected chi connectivity index (χ3v) is 5.97. The first-order valence-electron chi connectivity index (χ1n) is 11.4. The average molecular weight is 538 g/mol. The summed E-state index contributed by atoms with van der Waals surface area (Å²) < 4.78 is 86.6. The van der Waals surface area contributed by atoms with Crippen LogP contribution in [0.5, 0.6) is 0 Å². The Morgan fingerprint density at radius 2 is 1.37 bits per heavy atom. The summed E-state index contributed by atoms with van der Waals surface area (Å²) in [5, 5.41) is 5.24. The molecule has 0 saturated heterocycles. The number of carbonyl (C=O) groups excluding carboxylic acids is 2. The van der Waals surface area contributed by atoms with Crippen LogP contribution in [-0.2, 0) is 16.8 Å². The number of carbonyl (C=O) groups is 2. The maximum atomic E-state index is 13.7. The molecule has 0 bridgehead atoms. The fraction of sp³-hybridized carbons (Fsp3) is 0.259. The minimum atomic E-state index is -5.80. The molecular formula is C27H24F6N2O3. The van der Waals surface area contributed by atoms with Crippen LogP contribution in [0.25, 0.3) is 0 Å². The summed E-state index contributed by atoms with van der Waals surface area (Å²) in [5.74, 6) is -1.07. The molecule has 38 heavy (non-hydrogen) atoms. The highest BCUT2D eigenvalue weighted by Gasteiger charge is 2.73. The Morgan fingerprint density at radius 1 is 0.789 bits per heavy atom. The molecule has 5 nitrogen and oxygen atoms in total. The molecule has 11 heteroatoms. The number of anilines is 2. The Morgan fingerprint density at radius 3 is 1.92 bits per heavy atom. The lowest BCUT2D eigenvalue weighted by Crippen LogP contribution is -2.55. The zero-order valence-corrected chi connectivity index (χ0v) is 20.6. The van der Waals surface area contributed by atoms with Crippen LogP contribution >= 0.6 is 0 Å². The van der Waals surface area contributed by atoms with Crippen LogP contribution in [0.15, 0.2) is 66.7 Å². The molecule has 0 spiro atoms. The molecule has 0 aliphatic rings. The molecule has 0 unspecified atom stereocenters. The molecule has 0 atom stereocenters. The van der Waals surface area contributed by atoms with Gasteiger partial charge in [-0.25, -0.2) is 0 Å². The van der Waals surface area contributed by atoms with Crippen LogP contribution < -0.4 is 10.6 Å². The molecule has 2 amide bonds. The van der Waals surface area contributed by atoms with Gasteiger partial charge in [-0.3, -0.25) is 9.59 Å². The van der Waals surface area contributed by atoms with E-state index in [0.29, 0.717) is 24.4 Å². The first-order chi connectivity index (χ1) is 17.7. The Balaban J connectivity index is 1.94. The highest BCUT2D eigenvalue weighted by molar-refractivity contribution is 6.07. The van der Waals surface area contributed by atoms with Crippen LogP contribution in [0.2, 0.25) is 0 Å². The number of methoxy groups -OCH3 is 1. The van der Waals surface area contributed by atoms with Gasteiger partial charge in [-0.2, -0.15) is 26.3 Å². The molecular weight excluding hydrogens is 514 g/mol. The van der Waals surface area contributed by atoms with Crippen molar-refractivity contribution in [2.24, 2.45) is 0 Å². The highest BCUT2D eigenvalue weighted by Crippen LogP contribution is 2.53. The second-order valence-corrected chi connectivity index (χ2v) is 8.42. The molecule has 2 N–H and O–H groups in total. The minimum Gasteiger partial charge on any atom is -0.357 e. The van der Waals surface area contributed by atoms with Crippen LogP contribution in [-0.4, -0.2) is 31.3 Å². The lowest BCUT2D eigenvalue weighted by Gasteiger charge is -2.37. The number of halogens is 6. The number of alkyl halides is 6. The maximum absolute atomic E-state index is 13.7. The maximum Gasteiger partial charge on any atom is 0.430 e. The second kappa shape index (κ2) is 10.9. The van der Waals surface area contributed by atoms with Crippen LogP contribution in [0.1, 0.15) is 44.3 Å². The van der Waals surface area contributed by atoms with Crippen molar-refractivity contribution >= 4 is 23.2 Å². The molecule has 202 valence electrons. The lowest BCUT2D eigenvalue weighted by molar-refractivity contribution is -0.383. The number of benzene rings is 3. The molecule has 0 heterocycles. The van der Waals surface area contributed by atoms with Gasteiger partial charge in [-0.05, 0) is 54.8 Å². The summed E-state index contributed by atoms with van der Waals surface area (Å²) in [6.45, 7) is 2.82. The zero-order chi connectivity index (χ0) is 28.3. The van der Waals surface area contributed by atoms with Crippen molar-refractivity contribution in [1.29, 1.82) is 0 Å². The van der Waals surface area contributed by atoms with E-state index in [1.165, 1.54) is 32.0 Å². The summed E-state index contributed by atoms with van der Waals surface area (Å²) in [6, 6.07) is 15.7. The van der Waals surface area contributed by atoms with E-state index in [-0.39, 0.29) is 28.8 Å². The third kappa shape index (κ3) is 5.52. The Labute approximate surface area is 214 Å². The predicted octanol–water partition coefficient (Wildman–Crippen LogP) is 7.03. The summed E-state index contributed by atoms with van der Waals surface area (Å²) in [4.78, 5) is 25.4. The van der Waals surface area contributed by atoms with Gasteiger partial charge in [0.25, 0.3) is 17.4 Å². The van der Waals surface area contributed by atoms with Crippen molar-refractivity contribution < 1.29 is 40.7 Å². The first kappa shape index (κ1) is 28.7. The molecule has 0 aliphatic heterocycles. The zero-order valence-electron chi connectivity index (χ0n) is 20.6. The van der Waals surface area contributed by atoms with Gasteiger partial charge in [0.1, 0.15) is 0 Å². The highest BCUT2D eigenvalue weighted by atomic mass is 19.4. The van der Waals surface area contributed by atoms with Gasteiger partial charge in [0.05, 0.1) is 0 Å². The first-order valence-corrected chi connectivity index (χ1v) is 11.4. The topological polar surface area (TPSA) is 67.4 Å². The average Bonchev–Trinajstić information content (AvgIpc) is 2.85. The van der Waals surface area contributed by atoms with Crippen molar-refractivity contribution in [2.75, 3.05) is 17.7 Å². The van der Waals surface area contributed by atoms with Gasteiger partial charge >= 0.3 is 12.4 Å². The van der Waals surface area contributed by atoms with Crippen LogP contribution in [0.4, 0.5) is 37.7 Å². The van der Waals surface area contributed by atoms with Crippen molar-refractivity contribution in [3.8, 4) is 0 Å². The number of hydrogen-bond donors (Lipinski definition) is 2. The fourth-order valence-electron chi connectivity index (χ4n) is 4.08. The number of amides is 2. The Hall–Kier alpha value is -3.86. The van der Waals surface area contributed by atoms with Crippen molar-refractivity contribution in [3.05, 3.63) is 94.5 Å². The minimum absolute atomic E-state index is 0.0174. The van der Waals surface area contributed by atoms with Gasteiger partial charge in [0.2, 0.25) is 0 Å². The number of nitrogens with one attached hydrogen (secondary N) is 2. The van der Waals surface area contributed by atoms with Crippen molar-refractivity contribution in [1.82, 2.24) is 0 Å². The molecule has 0 fully saturated rings. The van der Waals surface area contributed by atoms with Crippen molar-refractivity contribution in [2.45, 2.75) is 38.2 Å². The summed E-state index contributed by atoms with van der Waals surface area (Å²) in [7, 11) is 0.348. The SMILES string of the molecule is CCc1cc(C(OC)(C(F)(F)F)C(F)(F)F)cc(C)c1NC(=O)c1cccc(NC(=O)c2ccccc2)c1. The smallest absolute Gasteiger partial charge is 0.357 e. The van der Waals surface area contributed by atoms with E-state index >= 15 is 0 Å². The van der Waals surface area contributed by atoms with E-state index in [0.717, 1.165) is 6.07 Å². The molecule has 3 aromatic rings. The molecule has 0 saturated carbocycles. The van der Waals surface area contributed by atoms with E-state index in [9.17, 15) is 35.9 Å². The van der Waals surface area contributed by atoms with Gasteiger partial charge in [-0.15, -0.1) is 0 Å². The van der Waals surface area contributed by atoms with Crippen molar-refractivity contribution in [3.63, 3.8) is 0 Å². The van der Waals surface area contributed by atoms with Gasteiger partial charge in [0, 0.05) is 35.2 Å². The van der Waals surface area contributed by atoms with Crippen LogP contribution in [0.3, 0.4) is 0 Å². The quantitative estimate of drug-likeness (QED) is 0.318. The lowest BCUT2D eigenvalue weighted by atomic mass is 9.87. The Bertz CT molecular complexity index is 1310. The predicted molar refractivity (Wildman–Crippen MR) is 130 cm³/mol. The number of rotatable bonds is 7. The largest absolute Gasteiger partial charge is 0.430 e. The van der Waals surface area contributed by atoms with Gasteiger partial charge in [0.15, 0.2) is 0 Å². The molecule has 3 rings (SSSR count). The molecule has 3 aromatic carbocycles. The van der Waals surface area contributed by atoms with E-state index in [4.69, 9.17) is 0 Å². The molecule has 0 aliphatic carbocycles. The molecule has 0 aromatic heterocycles. The van der Waals surface area contributed by atoms with E-state index < -0.39 is 35.3 Å². The summed E-state index contributed by atoms with van der Waals surface area (Å²) in [6.07, 6.45) is -11.6. The van der Waals surface area contributed by atoms with E-state index in [2.05, 4.69) is 15.4 Å². The van der Waals surface area contributed by atoms with E-state index in [1.54, 1.807) is 36.4 Å². The summed E-state index contributed by atoms with van der Waals surface area (Å²) >= 11 is 0. The number of ether oxygens (including phenoxy) is 1. The Kier molecular flexibility index (Phi) is 8.21. The number of hydrogen-bond acceptors (Lipinski definition) is 3. The third-order valence-electron chi connectivity index (χ3n) is 5.97. The summed E-state index contributed by atoms with van der Waals surface area (Å²) in [5.41, 5.74) is -4.74. The normalized spacial score (nSPS) is 12.2. The monoisotopic (exact) mass is 538 g/mol. The van der Waals surface area contributed by atoms with Crippen LogP contribution in [0, 0.1) is 6.92 Å². The molecule has 0 radical (unpaired) electrons. The number of aryl methyl sites for hydroxylation is 2. The fourth-order valence-corrected chi connectivity index (χ4v) is 4.08. The van der Waals surface area contributed by atoms with Gasteiger partial charge in [-0.1, -0.05) is 43.3 Å². The standard InChI is InChI=1S/C27H24F6N2O3/c1-4-17-14-20(25(38-3,26(28,29)30)27(31,32)33)13-16(2)22(17)35-24(37)19-11-8-12-21(15-19)34-23(36)18-9-6-5-7-10-18/h5-15H,4H2,1-3H3,(H,34,36)(H,35,37).